The van der Waals surface area contributed by atoms with E-state index in [2.05, 4.69) is 9.98 Å². The molecule has 0 fully saturated rings. The van der Waals surface area contributed by atoms with E-state index in [0.717, 1.165) is 16.9 Å². The minimum absolute atomic E-state index is 0.148. The summed E-state index contributed by atoms with van der Waals surface area (Å²) in [6, 6.07) is 6.87. The molecule has 0 saturated carbocycles. The highest BCUT2D eigenvalue weighted by molar-refractivity contribution is 7.19. The van der Waals surface area contributed by atoms with Crippen molar-refractivity contribution in [3.63, 3.8) is 0 Å². The molecule has 1 aliphatic rings. The van der Waals surface area contributed by atoms with Gasteiger partial charge in [-0.3, -0.25) is 9.59 Å². The molecule has 3 N–H and O–H groups in total. The Hall–Kier alpha value is -3.72. The van der Waals surface area contributed by atoms with Crippen molar-refractivity contribution in [1.82, 2.24) is 9.55 Å². The summed E-state index contributed by atoms with van der Waals surface area (Å²) in [5.74, 6) is -2.03. The predicted octanol–water partition coefficient (Wildman–Crippen LogP) is 3.42. The number of carboxylic acids is 1. The van der Waals surface area contributed by atoms with Crippen molar-refractivity contribution in [2.24, 2.45) is 4.99 Å². The third-order valence-electron chi connectivity index (χ3n) is 4.39. The first-order valence-electron chi connectivity index (χ1n) is 8.56. The van der Waals surface area contributed by atoms with Gasteiger partial charge >= 0.3 is 5.97 Å². The minimum atomic E-state index is -1.11. The molecule has 3 aromatic rings. The third kappa shape index (κ3) is 3.32. The second kappa shape index (κ2) is 7.02. The van der Waals surface area contributed by atoms with Crippen LogP contribution in [-0.2, 0) is 16.1 Å². The number of carbonyl (C=O) groups is 2. The number of thiazole rings is 1. The lowest BCUT2D eigenvalue weighted by molar-refractivity contribution is -0.137. The number of aromatic nitrogens is 2. The molecule has 0 unspecified atom stereocenters. The van der Waals surface area contributed by atoms with E-state index in [4.69, 9.17) is 5.11 Å². The maximum atomic E-state index is 12.0. The summed E-state index contributed by atoms with van der Waals surface area (Å²) in [7, 11) is 0. The lowest BCUT2D eigenvalue weighted by atomic mass is 10.1. The lowest BCUT2D eigenvalue weighted by Gasteiger charge is -2.03. The fraction of sp³-hybridized carbons (Fsp3) is 0.100. The Kier molecular flexibility index (Phi) is 4.51. The second-order valence-corrected chi connectivity index (χ2v) is 7.41. The first-order chi connectivity index (χ1) is 13.8. The Bertz CT molecular complexity index is 1260. The van der Waals surface area contributed by atoms with E-state index in [1.54, 1.807) is 36.4 Å². The van der Waals surface area contributed by atoms with Crippen molar-refractivity contribution in [3.8, 4) is 22.2 Å². The molecule has 0 aliphatic heterocycles. The molecule has 1 aliphatic carbocycles. The standard InChI is InChI=1S/C20H15N3O5S/c1-10-6-7-14(24)12(8-10)21-20-22-18(27)17(29-20)16-11-4-2-3-5-13(11)23(19(16)28)9-15(25)26/h2-8,27-28H,9H2,1H3,(H,25,26)/b21-12-. The fourth-order valence-corrected chi connectivity index (χ4v) is 4.04. The molecule has 2 aromatic heterocycles. The van der Waals surface area contributed by atoms with Crippen LogP contribution in [0.4, 0.5) is 5.13 Å². The maximum Gasteiger partial charge on any atom is 0.323 e. The number of fused-ring (bicyclic) bond motifs is 1. The average molecular weight is 409 g/mol. The highest BCUT2D eigenvalue weighted by atomic mass is 32.1. The number of carboxylic acid groups (broad SMARTS) is 1. The topological polar surface area (TPSA) is 125 Å². The van der Waals surface area contributed by atoms with Crippen LogP contribution in [0.5, 0.6) is 11.8 Å². The summed E-state index contributed by atoms with van der Waals surface area (Å²) in [5, 5.41) is 31.0. The molecule has 0 spiro atoms. The Balaban J connectivity index is 1.86. The van der Waals surface area contributed by atoms with Crippen LogP contribution in [0.1, 0.15) is 6.92 Å². The lowest BCUT2D eigenvalue weighted by Crippen LogP contribution is -2.11. The largest absolute Gasteiger partial charge is 0.494 e. The van der Waals surface area contributed by atoms with E-state index in [1.165, 1.54) is 10.6 Å². The highest BCUT2D eigenvalue weighted by Gasteiger charge is 2.24. The minimum Gasteiger partial charge on any atom is -0.494 e. The van der Waals surface area contributed by atoms with Crippen LogP contribution in [0.25, 0.3) is 21.3 Å². The van der Waals surface area contributed by atoms with Crippen LogP contribution < -0.4 is 0 Å². The zero-order valence-corrected chi connectivity index (χ0v) is 16.0. The maximum absolute atomic E-state index is 12.0. The number of carbonyl (C=O) groups excluding carboxylic acids is 1. The quantitative estimate of drug-likeness (QED) is 0.567. The van der Waals surface area contributed by atoms with Gasteiger partial charge in [0.25, 0.3) is 0 Å². The van der Waals surface area contributed by atoms with Crippen LogP contribution in [0.3, 0.4) is 0 Å². The van der Waals surface area contributed by atoms with Crippen molar-refractivity contribution in [2.45, 2.75) is 13.5 Å². The molecular weight excluding hydrogens is 394 g/mol. The number of hydrogen-bond acceptors (Lipinski definition) is 7. The van der Waals surface area contributed by atoms with Gasteiger partial charge in [0, 0.05) is 5.39 Å². The van der Waals surface area contributed by atoms with Gasteiger partial charge in [0.05, 0.1) is 11.1 Å². The molecule has 9 heteroatoms. The molecule has 0 radical (unpaired) electrons. The summed E-state index contributed by atoms with van der Waals surface area (Å²) < 4.78 is 1.25. The van der Waals surface area contributed by atoms with Gasteiger partial charge in [-0.05, 0) is 30.7 Å². The zero-order valence-electron chi connectivity index (χ0n) is 15.2. The number of aliphatic imine (C=N–C) groups is 1. The molecule has 146 valence electrons. The van der Waals surface area contributed by atoms with Gasteiger partial charge in [-0.2, -0.15) is 4.98 Å². The summed E-state index contributed by atoms with van der Waals surface area (Å²) in [4.78, 5) is 31.7. The summed E-state index contributed by atoms with van der Waals surface area (Å²) in [6.07, 6.45) is 4.71. The molecule has 0 amide bonds. The molecule has 29 heavy (non-hydrogen) atoms. The molecule has 0 bridgehead atoms. The summed E-state index contributed by atoms with van der Waals surface area (Å²) >= 11 is 0.996. The van der Waals surface area contributed by atoms with Gasteiger partial charge in [0.2, 0.25) is 22.7 Å². The summed E-state index contributed by atoms with van der Waals surface area (Å²) in [5.41, 5.74) is 1.83. The van der Waals surface area contributed by atoms with E-state index < -0.39 is 12.5 Å². The van der Waals surface area contributed by atoms with Crippen LogP contribution >= 0.6 is 11.3 Å². The molecule has 8 nitrogen and oxygen atoms in total. The smallest absolute Gasteiger partial charge is 0.323 e. The van der Waals surface area contributed by atoms with Gasteiger partial charge in [-0.15, -0.1) is 0 Å². The summed E-state index contributed by atoms with van der Waals surface area (Å²) in [6.45, 7) is 1.39. The molecule has 4 rings (SSSR count). The van der Waals surface area contributed by atoms with E-state index in [1.807, 2.05) is 6.92 Å². The van der Waals surface area contributed by atoms with Crippen molar-refractivity contribution < 1.29 is 24.9 Å². The number of aliphatic carboxylic acids is 1. The van der Waals surface area contributed by atoms with Gasteiger partial charge in [0.1, 0.15) is 17.1 Å². The van der Waals surface area contributed by atoms with Crippen LogP contribution in [0.15, 0.2) is 53.1 Å². The molecular formula is C20H15N3O5S. The monoisotopic (exact) mass is 409 g/mol. The van der Waals surface area contributed by atoms with Crippen LogP contribution in [0, 0.1) is 0 Å². The normalized spacial score (nSPS) is 15.3. The number of aromatic hydroxyl groups is 2. The second-order valence-electron chi connectivity index (χ2n) is 6.43. The number of para-hydroxylation sites is 1. The van der Waals surface area contributed by atoms with Gasteiger partial charge in [-0.25, -0.2) is 4.99 Å². The Morgan fingerprint density at radius 3 is 2.76 bits per heavy atom. The van der Waals surface area contributed by atoms with Gasteiger partial charge < -0.3 is 19.9 Å². The van der Waals surface area contributed by atoms with Gasteiger partial charge in [-0.1, -0.05) is 35.6 Å². The van der Waals surface area contributed by atoms with Crippen molar-refractivity contribution >= 4 is 44.8 Å². The Labute approximate surface area is 168 Å². The fourth-order valence-electron chi connectivity index (χ4n) is 3.14. The SMILES string of the molecule is CC1=C/C(=N/c2nc(O)c(-c3c(O)n(CC(=O)O)c4ccccc34)s2)C(=O)C=C1. The highest BCUT2D eigenvalue weighted by Crippen LogP contribution is 2.47. The first-order valence-corrected chi connectivity index (χ1v) is 9.38. The van der Waals surface area contributed by atoms with Crippen molar-refractivity contribution in [2.75, 3.05) is 0 Å². The first kappa shape index (κ1) is 18.6. The number of rotatable bonds is 4. The van der Waals surface area contributed by atoms with E-state index in [9.17, 15) is 19.8 Å². The van der Waals surface area contributed by atoms with Gasteiger partial charge in [0.15, 0.2) is 0 Å². The molecule has 1 aromatic carbocycles. The zero-order chi connectivity index (χ0) is 20.7. The molecule has 2 heterocycles. The van der Waals surface area contributed by atoms with Crippen LogP contribution in [0.2, 0.25) is 0 Å². The van der Waals surface area contributed by atoms with Crippen molar-refractivity contribution in [1.29, 1.82) is 0 Å². The number of ketones is 1. The van der Waals surface area contributed by atoms with E-state index in [0.29, 0.717) is 10.9 Å². The van der Waals surface area contributed by atoms with E-state index >= 15 is 0 Å². The Morgan fingerprint density at radius 1 is 1.24 bits per heavy atom. The average Bonchev–Trinajstić information content (AvgIpc) is 3.15. The number of hydrogen-bond donors (Lipinski definition) is 3. The Morgan fingerprint density at radius 2 is 2.00 bits per heavy atom. The molecule has 0 saturated heterocycles. The predicted molar refractivity (Wildman–Crippen MR) is 109 cm³/mol. The number of allylic oxidation sites excluding steroid dienone is 4. The third-order valence-corrected chi connectivity index (χ3v) is 5.35. The molecule has 0 atom stereocenters. The number of benzene rings is 1. The van der Waals surface area contributed by atoms with E-state index in [-0.39, 0.29) is 38.8 Å². The number of nitrogens with zero attached hydrogens (tertiary/aromatic N) is 3. The van der Waals surface area contributed by atoms with Crippen LogP contribution in [-0.4, -0.2) is 42.3 Å². The van der Waals surface area contributed by atoms with Crippen molar-refractivity contribution in [3.05, 3.63) is 48.1 Å².